The predicted octanol–water partition coefficient (Wildman–Crippen LogP) is 5.64. The number of aromatic nitrogens is 2. The molecule has 2 unspecified atom stereocenters. The Kier molecular flexibility index (Phi) is 8.22. The van der Waals surface area contributed by atoms with Gasteiger partial charge >= 0.3 is 6.09 Å². The normalized spacial score (nSPS) is 16.8. The lowest BCUT2D eigenvalue weighted by Crippen LogP contribution is -2.43. The number of carbonyl (C=O) groups is 2. The first-order chi connectivity index (χ1) is 18.9. The lowest BCUT2D eigenvalue weighted by Gasteiger charge is -2.36. The molecule has 2 atom stereocenters. The number of benzene rings is 1. The largest absolute Gasteiger partial charge is 0.465 e. The van der Waals surface area contributed by atoms with Gasteiger partial charge in [0.2, 0.25) is 5.91 Å². The molecule has 0 fully saturated rings. The van der Waals surface area contributed by atoms with E-state index in [1.54, 1.807) is 24.6 Å². The van der Waals surface area contributed by atoms with E-state index in [2.05, 4.69) is 21.7 Å². The van der Waals surface area contributed by atoms with Crippen LogP contribution in [0.15, 0.2) is 42.7 Å². The van der Waals surface area contributed by atoms with Crippen molar-refractivity contribution in [2.45, 2.75) is 38.8 Å². The van der Waals surface area contributed by atoms with E-state index in [0.717, 1.165) is 47.4 Å². The number of fused-ring (bicyclic) bond motifs is 2. The number of anilines is 1. The van der Waals surface area contributed by atoms with Crippen molar-refractivity contribution in [2.75, 3.05) is 32.1 Å². The fourth-order valence-electron chi connectivity index (χ4n) is 5.03. The van der Waals surface area contributed by atoms with E-state index in [0.29, 0.717) is 32.5 Å². The molecule has 11 heteroatoms. The van der Waals surface area contributed by atoms with Crippen molar-refractivity contribution in [3.8, 4) is 21.7 Å². The SMILES string of the molecule is COCCNCCC(=O)Nc1sc2c(c1-c1nc3ccc(-c4cccnc4)cc3s1)CC(C)N(C(=O)O)C2C. The number of carboxylic acid groups (broad SMARTS) is 1. The van der Waals surface area contributed by atoms with Gasteiger partial charge in [-0.3, -0.25) is 14.7 Å². The first-order valence-corrected chi connectivity index (χ1v) is 14.5. The number of pyridine rings is 1. The fraction of sp³-hybridized carbons (Fsp3) is 0.357. The van der Waals surface area contributed by atoms with Crippen LogP contribution in [-0.4, -0.2) is 64.8 Å². The van der Waals surface area contributed by atoms with Crippen molar-refractivity contribution in [1.82, 2.24) is 20.2 Å². The van der Waals surface area contributed by atoms with Crippen molar-refractivity contribution < 1.29 is 19.4 Å². The first kappa shape index (κ1) is 27.2. The molecule has 204 valence electrons. The van der Waals surface area contributed by atoms with Crippen LogP contribution in [0.5, 0.6) is 0 Å². The summed E-state index contributed by atoms with van der Waals surface area (Å²) >= 11 is 3.04. The Balaban J connectivity index is 1.52. The number of nitrogens with one attached hydrogen (secondary N) is 2. The molecule has 4 aromatic rings. The molecule has 0 aliphatic carbocycles. The number of thiophene rings is 1. The molecule has 1 aliphatic heterocycles. The quantitative estimate of drug-likeness (QED) is 0.225. The van der Waals surface area contributed by atoms with Gasteiger partial charge in [0, 0.05) is 61.1 Å². The summed E-state index contributed by atoms with van der Waals surface area (Å²) in [7, 11) is 1.64. The molecule has 0 bridgehead atoms. The summed E-state index contributed by atoms with van der Waals surface area (Å²) in [5.41, 5.74) is 4.95. The molecule has 0 radical (unpaired) electrons. The fourth-order valence-corrected chi connectivity index (χ4v) is 7.48. The summed E-state index contributed by atoms with van der Waals surface area (Å²) < 4.78 is 6.08. The Bertz CT molecular complexity index is 1490. The number of hydrogen-bond donors (Lipinski definition) is 3. The van der Waals surface area contributed by atoms with E-state index < -0.39 is 6.09 Å². The van der Waals surface area contributed by atoms with Crippen molar-refractivity contribution in [3.05, 3.63) is 53.2 Å². The second kappa shape index (κ2) is 11.8. The highest BCUT2D eigenvalue weighted by molar-refractivity contribution is 7.23. The van der Waals surface area contributed by atoms with Gasteiger partial charge < -0.3 is 20.5 Å². The smallest absolute Gasteiger partial charge is 0.408 e. The Hall–Kier alpha value is -3.38. The standard InChI is InChI=1S/C28H31N5O4S2/c1-16-13-20-24(26-31-21-7-6-18(14-22(21)38-26)19-5-4-9-30-15-19)27(32-23(34)8-10-29-11-12-37-3)39-25(20)17(2)33(16)28(35)36/h4-7,9,14-17,29H,8,10-13H2,1-3H3,(H,32,34)(H,35,36). The average molecular weight is 566 g/mol. The highest BCUT2D eigenvalue weighted by atomic mass is 32.1. The van der Waals surface area contributed by atoms with Crippen molar-refractivity contribution in [2.24, 2.45) is 0 Å². The van der Waals surface area contributed by atoms with E-state index in [1.807, 2.05) is 44.3 Å². The van der Waals surface area contributed by atoms with E-state index in [9.17, 15) is 14.7 Å². The zero-order valence-electron chi connectivity index (χ0n) is 22.1. The number of nitrogens with zero attached hydrogens (tertiary/aromatic N) is 3. The Labute approximate surface area is 234 Å². The Morgan fingerprint density at radius 2 is 2.03 bits per heavy atom. The summed E-state index contributed by atoms with van der Waals surface area (Å²) in [6.45, 7) is 5.63. The number of carbonyl (C=O) groups excluding carboxylic acids is 1. The van der Waals surface area contributed by atoms with Gasteiger partial charge in [-0.1, -0.05) is 12.1 Å². The predicted molar refractivity (Wildman–Crippen MR) is 156 cm³/mol. The first-order valence-electron chi connectivity index (χ1n) is 12.8. The third-order valence-corrected chi connectivity index (χ3v) is 9.25. The zero-order valence-corrected chi connectivity index (χ0v) is 23.7. The van der Waals surface area contributed by atoms with Crippen molar-refractivity contribution in [3.63, 3.8) is 0 Å². The summed E-state index contributed by atoms with van der Waals surface area (Å²) in [4.78, 5) is 36.6. The minimum absolute atomic E-state index is 0.101. The van der Waals surface area contributed by atoms with E-state index in [1.165, 1.54) is 16.2 Å². The van der Waals surface area contributed by atoms with E-state index >= 15 is 0 Å². The van der Waals surface area contributed by atoms with Crippen molar-refractivity contribution >= 4 is 49.9 Å². The molecule has 39 heavy (non-hydrogen) atoms. The van der Waals surface area contributed by atoms with Crippen LogP contribution in [0, 0.1) is 0 Å². The molecule has 0 spiro atoms. The molecule has 2 amide bonds. The third kappa shape index (κ3) is 5.67. The highest BCUT2D eigenvalue weighted by Crippen LogP contribution is 2.50. The summed E-state index contributed by atoms with van der Waals surface area (Å²) in [6, 6.07) is 9.60. The van der Waals surface area contributed by atoms with E-state index in [-0.39, 0.29) is 18.0 Å². The Morgan fingerprint density at radius 1 is 1.18 bits per heavy atom. The lowest BCUT2D eigenvalue weighted by molar-refractivity contribution is -0.116. The van der Waals surface area contributed by atoms with Crippen LogP contribution in [0.25, 0.3) is 31.9 Å². The van der Waals surface area contributed by atoms with Gasteiger partial charge in [0.1, 0.15) is 10.0 Å². The van der Waals surface area contributed by atoms with Gasteiger partial charge in [0.05, 0.1) is 22.9 Å². The van der Waals surface area contributed by atoms with Crippen LogP contribution in [-0.2, 0) is 16.0 Å². The molecule has 3 N–H and O–H groups in total. The lowest BCUT2D eigenvalue weighted by atomic mass is 9.93. The summed E-state index contributed by atoms with van der Waals surface area (Å²) in [5.74, 6) is -0.101. The summed E-state index contributed by atoms with van der Waals surface area (Å²) in [5, 5.41) is 17.7. The second-order valence-corrected chi connectivity index (χ2v) is 11.6. The summed E-state index contributed by atoms with van der Waals surface area (Å²) in [6.07, 6.45) is 3.53. The number of rotatable bonds is 9. The molecule has 4 heterocycles. The molecule has 5 rings (SSSR count). The van der Waals surface area contributed by atoms with Gasteiger partial charge in [0.15, 0.2) is 0 Å². The molecule has 3 aromatic heterocycles. The van der Waals surface area contributed by atoms with Gasteiger partial charge in [-0.25, -0.2) is 9.78 Å². The number of hydrogen-bond acceptors (Lipinski definition) is 8. The Morgan fingerprint density at radius 3 is 2.77 bits per heavy atom. The molecule has 1 aromatic carbocycles. The molecule has 1 aliphatic rings. The average Bonchev–Trinajstić information content (AvgIpc) is 3.49. The molecular formula is C28H31N5O4S2. The van der Waals surface area contributed by atoms with Gasteiger partial charge in [-0.2, -0.15) is 0 Å². The molecular weight excluding hydrogens is 534 g/mol. The van der Waals surface area contributed by atoms with Gasteiger partial charge in [-0.15, -0.1) is 22.7 Å². The van der Waals surface area contributed by atoms with Crippen LogP contribution in [0.3, 0.4) is 0 Å². The number of thiazole rings is 1. The maximum absolute atomic E-state index is 12.9. The number of amides is 2. The van der Waals surface area contributed by atoms with Crippen LogP contribution in [0.4, 0.5) is 9.80 Å². The molecule has 0 saturated carbocycles. The van der Waals surface area contributed by atoms with Gasteiger partial charge in [0.25, 0.3) is 0 Å². The number of ether oxygens (including phenoxy) is 1. The third-order valence-electron chi connectivity index (χ3n) is 6.89. The van der Waals surface area contributed by atoms with Crippen LogP contribution < -0.4 is 10.6 Å². The minimum atomic E-state index is -0.939. The minimum Gasteiger partial charge on any atom is -0.465 e. The number of methoxy groups -OCH3 is 1. The van der Waals surface area contributed by atoms with Crippen LogP contribution in [0.1, 0.15) is 36.8 Å². The molecule has 9 nitrogen and oxygen atoms in total. The van der Waals surface area contributed by atoms with Gasteiger partial charge in [-0.05, 0) is 49.6 Å². The maximum atomic E-state index is 12.9. The second-order valence-electron chi connectivity index (χ2n) is 9.55. The van der Waals surface area contributed by atoms with Crippen LogP contribution >= 0.6 is 22.7 Å². The maximum Gasteiger partial charge on any atom is 0.408 e. The van der Waals surface area contributed by atoms with Crippen LogP contribution in [0.2, 0.25) is 0 Å². The topological polar surface area (TPSA) is 117 Å². The molecule has 0 saturated heterocycles. The highest BCUT2D eigenvalue weighted by Gasteiger charge is 2.37. The van der Waals surface area contributed by atoms with Crippen molar-refractivity contribution in [1.29, 1.82) is 0 Å². The monoisotopic (exact) mass is 565 g/mol. The zero-order chi connectivity index (χ0) is 27.5. The van der Waals surface area contributed by atoms with E-state index in [4.69, 9.17) is 9.72 Å².